The standard InChI is InChI=1S/C21H25N3O3/c1-12(2)16-7-6-10-22-20(16)27-15-8-9-17(13(3)11-15)18-14(4)19(25)23-21(26)24(18)5/h6-12,14,18H,1-5H3,(H,23,25,26). The first-order valence-corrected chi connectivity index (χ1v) is 9.10. The average molecular weight is 367 g/mol. The molecule has 0 aliphatic carbocycles. The summed E-state index contributed by atoms with van der Waals surface area (Å²) in [6.45, 7) is 7.98. The maximum Gasteiger partial charge on any atom is 0.324 e. The maximum atomic E-state index is 12.1. The van der Waals surface area contributed by atoms with Gasteiger partial charge in [-0.2, -0.15) is 0 Å². The molecular formula is C21H25N3O3. The lowest BCUT2D eigenvalue weighted by atomic mass is 9.88. The minimum absolute atomic E-state index is 0.252. The van der Waals surface area contributed by atoms with Crippen LogP contribution in [0.1, 0.15) is 49.4 Å². The van der Waals surface area contributed by atoms with Crippen molar-refractivity contribution in [2.75, 3.05) is 7.05 Å². The maximum absolute atomic E-state index is 12.1. The van der Waals surface area contributed by atoms with Crippen molar-refractivity contribution in [3.05, 3.63) is 53.2 Å². The summed E-state index contributed by atoms with van der Waals surface area (Å²) in [5.74, 6) is 0.992. The summed E-state index contributed by atoms with van der Waals surface area (Å²) >= 11 is 0. The molecule has 2 aromatic rings. The Morgan fingerprint density at radius 2 is 1.96 bits per heavy atom. The smallest absolute Gasteiger partial charge is 0.324 e. The second kappa shape index (κ2) is 7.39. The number of amides is 3. The molecule has 1 saturated heterocycles. The summed E-state index contributed by atoms with van der Waals surface area (Å²) in [5, 5.41) is 2.37. The van der Waals surface area contributed by atoms with Crippen molar-refractivity contribution in [3.63, 3.8) is 0 Å². The minimum Gasteiger partial charge on any atom is -0.439 e. The normalized spacial score (nSPS) is 20.0. The highest BCUT2D eigenvalue weighted by Gasteiger charge is 2.38. The van der Waals surface area contributed by atoms with Gasteiger partial charge in [-0.05, 0) is 42.2 Å². The van der Waals surface area contributed by atoms with Crippen molar-refractivity contribution in [1.82, 2.24) is 15.2 Å². The van der Waals surface area contributed by atoms with E-state index in [-0.39, 0.29) is 23.9 Å². The van der Waals surface area contributed by atoms with Gasteiger partial charge < -0.3 is 9.64 Å². The molecule has 3 rings (SSSR count). The van der Waals surface area contributed by atoms with Gasteiger partial charge in [0.15, 0.2) is 0 Å². The van der Waals surface area contributed by atoms with Crippen LogP contribution in [0.15, 0.2) is 36.5 Å². The SMILES string of the molecule is Cc1cc(Oc2ncccc2C(C)C)ccc1C1C(C)C(=O)NC(=O)N1C. The highest BCUT2D eigenvalue weighted by molar-refractivity contribution is 5.98. The fourth-order valence-corrected chi connectivity index (χ4v) is 3.47. The van der Waals surface area contributed by atoms with Gasteiger partial charge in [0.2, 0.25) is 11.8 Å². The molecule has 142 valence electrons. The van der Waals surface area contributed by atoms with Gasteiger partial charge in [0, 0.05) is 18.8 Å². The number of hydrogen-bond donors (Lipinski definition) is 1. The van der Waals surface area contributed by atoms with Gasteiger partial charge in [0.25, 0.3) is 0 Å². The highest BCUT2D eigenvalue weighted by Crippen LogP contribution is 2.35. The van der Waals surface area contributed by atoms with Crippen LogP contribution in [-0.2, 0) is 4.79 Å². The fourth-order valence-electron chi connectivity index (χ4n) is 3.47. The Morgan fingerprint density at radius 3 is 2.63 bits per heavy atom. The van der Waals surface area contributed by atoms with Crippen LogP contribution in [-0.4, -0.2) is 28.9 Å². The lowest BCUT2D eigenvalue weighted by Gasteiger charge is -2.37. The summed E-state index contributed by atoms with van der Waals surface area (Å²) in [6.07, 6.45) is 1.71. The number of urea groups is 1. The highest BCUT2D eigenvalue weighted by atomic mass is 16.5. The third-order valence-electron chi connectivity index (χ3n) is 5.05. The average Bonchev–Trinajstić information content (AvgIpc) is 2.62. The molecule has 6 nitrogen and oxygen atoms in total. The third-order valence-corrected chi connectivity index (χ3v) is 5.05. The number of aromatic nitrogens is 1. The molecule has 2 atom stereocenters. The quantitative estimate of drug-likeness (QED) is 0.880. The van der Waals surface area contributed by atoms with E-state index >= 15 is 0 Å². The predicted molar refractivity (Wildman–Crippen MR) is 103 cm³/mol. The Kier molecular flexibility index (Phi) is 5.17. The van der Waals surface area contributed by atoms with Crippen molar-refractivity contribution >= 4 is 11.9 Å². The van der Waals surface area contributed by atoms with E-state index in [1.54, 1.807) is 18.1 Å². The molecule has 1 aliphatic rings. The van der Waals surface area contributed by atoms with Gasteiger partial charge in [0.1, 0.15) is 5.75 Å². The third kappa shape index (κ3) is 3.65. The molecule has 1 N–H and O–H groups in total. The second-order valence-electron chi connectivity index (χ2n) is 7.31. The van der Waals surface area contributed by atoms with Gasteiger partial charge in [-0.3, -0.25) is 10.1 Å². The number of carbonyl (C=O) groups excluding carboxylic acids is 2. The number of nitrogens with one attached hydrogen (secondary N) is 1. The molecule has 1 aromatic carbocycles. The molecule has 27 heavy (non-hydrogen) atoms. The molecule has 6 heteroatoms. The molecule has 1 fully saturated rings. The van der Waals surface area contributed by atoms with E-state index in [4.69, 9.17) is 4.74 Å². The lowest BCUT2D eigenvalue weighted by molar-refractivity contribution is -0.127. The summed E-state index contributed by atoms with van der Waals surface area (Å²) in [4.78, 5) is 30.0. The first kappa shape index (κ1) is 18.9. The second-order valence-corrected chi connectivity index (χ2v) is 7.31. The molecule has 1 aromatic heterocycles. The number of nitrogens with zero attached hydrogens (tertiary/aromatic N) is 2. The largest absolute Gasteiger partial charge is 0.439 e. The molecule has 0 radical (unpaired) electrons. The van der Waals surface area contributed by atoms with Crippen LogP contribution in [0.3, 0.4) is 0 Å². The summed E-state index contributed by atoms with van der Waals surface area (Å²) in [5.41, 5.74) is 2.94. The van der Waals surface area contributed by atoms with Crippen molar-refractivity contribution in [2.45, 2.75) is 39.7 Å². The molecule has 0 spiro atoms. The number of hydrogen-bond acceptors (Lipinski definition) is 4. The van der Waals surface area contributed by atoms with Crippen LogP contribution in [0.5, 0.6) is 11.6 Å². The van der Waals surface area contributed by atoms with E-state index in [1.165, 1.54) is 0 Å². The molecular weight excluding hydrogens is 342 g/mol. The molecule has 3 amide bonds. The topological polar surface area (TPSA) is 71.5 Å². The van der Waals surface area contributed by atoms with Crippen LogP contribution in [0.4, 0.5) is 4.79 Å². The monoisotopic (exact) mass is 367 g/mol. The van der Waals surface area contributed by atoms with Gasteiger partial charge in [0.05, 0.1) is 12.0 Å². The number of benzene rings is 1. The summed E-state index contributed by atoms with van der Waals surface area (Å²) in [6, 6.07) is 8.94. The Balaban J connectivity index is 1.90. The summed E-state index contributed by atoms with van der Waals surface area (Å²) in [7, 11) is 1.70. The number of pyridine rings is 1. The van der Waals surface area contributed by atoms with Gasteiger partial charge in [-0.15, -0.1) is 0 Å². The molecule has 2 heterocycles. The predicted octanol–water partition coefficient (Wildman–Crippen LogP) is 4.16. The number of aryl methyl sites for hydroxylation is 1. The van der Waals surface area contributed by atoms with Crippen molar-refractivity contribution in [2.24, 2.45) is 5.92 Å². The number of rotatable bonds is 4. The van der Waals surface area contributed by atoms with E-state index in [0.29, 0.717) is 17.5 Å². The lowest BCUT2D eigenvalue weighted by Crippen LogP contribution is -2.53. The molecule has 1 aliphatic heterocycles. The van der Waals surface area contributed by atoms with Crippen LogP contribution in [0.2, 0.25) is 0 Å². The van der Waals surface area contributed by atoms with Crippen LogP contribution in [0.25, 0.3) is 0 Å². The van der Waals surface area contributed by atoms with Crippen molar-refractivity contribution in [1.29, 1.82) is 0 Å². The Morgan fingerprint density at radius 1 is 1.22 bits per heavy atom. The number of ether oxygens (including phenoxy) is 1. The van der Waals surface area contributed by atoms with E-state index < -0.39 is 0 Å². The zero-order chi connectivity index (χ0) is 19.7. The minimum atomic E-state index is -0.377. The Hall–Kier alpha value is -2.89. The van der Waals surface area contributed by atoms with Gasteiger partial charge in [-0.25, -0.2) is 9.78 Å². The van der Waals surface area contributed by atoms with E-state index in [9.17, 15) is 9.59 Å². The first-order chi connectivity index (χ1) is 12.8. The van der Waals surface area contributed by atoms with Crippen LogP contribution in [0, 0.1) is 12.8 Å². The molecule has 0 bridgehead atoms. The zero-order valence-electron chi connectivity index (χ0n) is 16.3. The van der Waals surface area contributed by atoms with Gasteiger partial charge >= 0.3 is 6.03 Å². The fraction of sp³-hybridized carbons (Fsp3) is 0.381. The first-order valence-electron chi connectivity index (χ1n) is 9.10. The van der Waals surface area contributed by atoms with E-state index in [2.05, 4.69) is 24.1 Å². The van der Waals surface area contributed by atoms with Gasteiger partial charge in [-0.1, -0.05) is 32.9 Å². The summed E-state index contributed by atoms with van der Waals surface area (Å²) < 4.78 is 6.02. The van der Waals surface area contributed by atoms with E-state index in [1.807, 2.05) is 44.2 Å². The Bertz CT molecular complexity index is 859. The Labute approximate surface area is 159 Å². The van der Waals surface area contributed by atoms with Crippen LogP contribution >= 0.6 is 0 Å². The van der Waals surface area contributed by atoms with E-state index in [0.717, 1.165) is 16.7 Å². The zero-order valence-corrected chi connectivity index (χ0v) is 16.3. The van der Waals surface area contributed by atoms with Crippen LogP contribution < -0.4 is 10.1 Å². The molecule has 2 unspecified atom stereocenters. The number of imide groups is 1. The molecule has 0 saturated carbocycles. The number of carbonyl (C=O) groups is 2. The van der Waals surface area contributed by atoms with Crippen molar-refractivity contribution in [3.8, 4) is 11.6 Å². The van der Waals surface area contributed by atoms with Crippen molar-refractivity contribution < 1.29 is 14.3 Å².